The number of nitrogens with two attached hydrogens (primary N) is 1. The molecule has 20 heavy (non-hydrogen) atoms. The number of rotatable bonds is 2. The van der Waals surface area contributed by atoms with Crippen LogP contribution in [0.4, 0.5) is 5.82 Å². The van der Waals surface area contributed by atoms with Gasteiger partial charge in [-0.25, -0.2) is 9.97 Å². The van der Waals surface area contributed by atoms with E-state index >= 15 is 0 Å². The average molecular weight is 310 g/mol. The number of aromatic nitrogens is 2. The van der Waals surface area contributed by atoms with Crippen LogP contribution >= 0.6 is 23.2 Å². The Labute approximate surface area is 129 Å². The van der Waals surface area contributed by atoms with Gasteiger partial charge >= 0.3 is 0 Å². The highest BCUT2D eigenvalue weighted by molar-refractivity contribution is 6.35. The van der Waals surface area contributed by atoms with Gasteiger partial charge in [-0.2, -0.15) is 0 Å². The lowest BCUT2D eigenvalue weighted by molar-refractivity contribution is 0.563. The predicted octanol–water partition coefficient (Wildman–Crippen LogP) is 4.25. The first kappa shape index (κ1) is 15.1. The Morgan fingerprint density at radius 3 is 2.40 bits per heavy atom. The number of hydrogen-bond acceptors (Lipinski definition) is 3. The summed E-state index contributed by atoms with van der Waals surface area (Å²) in [6.07, 6.45) is 0.532. The summed E-state index contributed by atoms with van der Waals surface area (Å²) in [4.78, 5) is 8.86. The normalized spacial score (nSPS) is 11.7. The topological polar surface area (TPSA) is 51.8 Å². The molecule has 0 aliphatic heterocycles. The van der Waals surface area contributed by atoms with Crippen molar-refractivity contribution in [3.8, 4) is 0 Å². The van der Waals surface area contributed by atoms with Gasteiger partial charge in [0, 0.05) is 27.9 Å². The van der Waals surface area contributed by atoms with Gasteiger partial charge in [-0.1, -0.05) is 50.0 Å². The SMILES string of the molecule is CC(C)(C)c1cc(N)nc(Cc2ccc(Cl)cc2Cl)n1. The first-order valence-corrected chi connectivity index (χ1v) is 7.09. The van der Waals surface area contributed by atoms with Gasteiger partial charge in [-0.3, -0.25) is 0 Å². The number of benzene rings is 1. The maximum absolute atomic E-state index is 6.18. The van der Waals surface area contributed by atoms with Crippen LogP contribution in [0.25, 0.3) is 0 Å². The Morgan fingerprint density at radius 1 is 1.10 bits per heavy atom. The molecule has 2 aromatic rings. The third-order valence-electron chi connectivity index (χ3n) is 2.92. The number of halogens is 2. The standard InChI is InChI=1S/C15H17Cl2N3/c1-15(2,3)12-8-13(18)20-14(19-12)6-9-4-5-10(16)7-11(9)17/h4-5,7-8H,6H2,1-3H3,(H2,18,19,20). The Morgan fingerprint density at radius 2 is 1.80 bits per heavy atom. The van der Waals surface area contributed by atoms with Gasteiger partial charge < -0.3 is 5.73 Å². The fraction of sp³-hybridized carbons (Fsp3) is 0.333. The van der Waals surface area contributed by atoms with Gasteiger partial charge in [-0.15, -0.1) is 0 Å². The van der Waals surface area contributed by atoms with E-state index in [0.717, 1.165) is 11.3 Å². The molecule has 0 amide bonds. The van der Waals surface area contributed by atoms with Crippen molar-refractivity contribution in [1.82, 2.24) is 9.97 Å². The molecule has 5 heteroatoms. The summed E-state index contributed by atoms with van der Waals surface area (Å²) in [6, 6.07) is 7.22. The number of hydrogen-bond donors (Lipinski definition) is 1. The van der Waals surface area contributed by atoms with E-state index in [1.165, 1.54) is 0 Å². The Kier molecular flexibility index (Phi) is 4.21. The van der Waals surface area contributed by atoms with E-state index in [4.69, 9.17) is 28.9 Å². The Balaban J connectivity index is 2.36. The lowest BCUT2D eigenvalue weighted by atomic mass is 9.92. The molecular formula is C15H17Cl2N3. The van der Waals surface area contributed by atoms with Crippen LogP contribution in [-0.4, -0.2) is 9.97 Å². The summed E-state index contributed by atoms with van der Waals surface area (Å²) < 4.78 is 0. The molecule has 0 unspecified atom stereocenters. The van der Waals surface area contributed by atoms with E-state index in [-0.39, 0.29) is 5.41 Å². The second kappa shape index (κ2) is 5.58. The van der Waals surface area contributed by atoms with Gasteiger partial charge in [0.05, 0.1) is 5.69 Å². The highest BCUT2D eigenvalue weighted by Gasteiger charge is 2.17. The van der Waals surface area contributed by atoms with Crippen molar-refractivity contribution >= 4 is 29.0 Å². The molecule has 0 bridgehead atoms. The largest absolute Gasteiger partial charge is 0.384 e. The molecule has 0 spiro atoms. The average Bonchev–Trinajstić information content (AvgIpc) is 2.31. The van der Waals surface area contributed by atoms with E-state index in [1.807, 2.05) is 12.1 Å². The molecule has 0 atom stereocenters. The maximum Gasteiger partial charge on any atom is 0.135 e. The zero-order valence-corrected chi connectivity index (χ0v) is 13.3. The van der Waals surface area contributed by atoms with Crippen LogP contribution in [0.15, 0.2) is 24.3 Å². The molecule has 3 nitrogen and oxygen atoms in total. The third kappa shape index (κ3) is 3.62. The minimum atomic E-state index is -0.0738. The van der Waals surface area contributed by atoms with Crippen LogP contribution < -0.4 is 5.73 Å². The third-order valence-corrected chi connectivity index (χ3v) is 3.51. The van der Waals surface area contributed by atoms with Crippen LogP contribution in [0.1, 0.15) is 37.9 Å². The zero-order chi connectivity index (χ0) is 14.9. The van der Waals surface area contributed by atoms with Crippen molar-refractivity contribution in [3.05, 3.63) is 51.4 Å². The second-order valence-corrected chi connectivity index (χ2v) is 6.60. The van der Waals surface area contributed by atoms with Crippen LogP contribution in [0.3, 0.4) is 0 Å². The second-order valence-electron chi connectivity index (χ2n) is 5.76. The van der Waals surface area contributed by atoms with E-state index in [0.29, 0.717) is 28.1 Å². The van der Waals surface area contributed by atoms with Crippen molar-refractivity contribution in [3.63, 3.8) is 0 Å². The highest BCUT2D eigenvalue weighted by Crippen LogP contribution is 2.25. The van der Waals surface area contributed by atoms with Gasteiger partial charge in [0.25, 0.3) is 0 Å². The van der Waals surface area contributed by atoms with Crippen molar-refractivity contribution in [2.45, 2.75) is 32.6 Å². The van der Waals surface area contributed by atoms with Crippen LogP contribution in [0.5, 0.6) is 0 Å². The molecule has 0 fully saturated rings. The van der Waals surface area contributed by atoms with Gasteiger partial charge in [-0.05, 0) is 17.7 Å². The van der Waals surface area contributed by atoms with E-state index < -0.39 is 0 Å². The minimum absolute atomic E-state index is 0.0738. The first-order valence-electron chi connectivity index (χ1n) is 6.33. The van der Waals surface area contributed by atoms with Crippen molar-refractivity contribution in [2.24, 2.45) is 0 Å². The minimum Gasteiger partial charge on any atom is -0.384 e. The Bertz CT molecular complexity index is 634. The zero-order valence-electron chi connectivity index (χ0n) is 11.7. The molecule has 0 aliphatic rings. The van der Waals surface area contributed by atoms with E-state index in [2.05, 4.69) is 30.7 Å². The molecular weight excluding hydrogens is 293 g/mol. The molecule has 1 aromatic heterocycles. The predicted molar refractivity (Wildman–Crippen MR) is 84.4 cm³/mol. The number of anilines is 1. The molecule has 1 heterocycles. The fourth-order valence-electron chi connectivity index (χ4n) is 1.82. The summed E-state index contributed by atoms with van der Waals surface area (Å²) >= 11 is 12.1. The van der Waals surface area contributed by atoms with Gasteiger partial charge in [0.2, 0.25) is 0 Å². The van der Waals surface area contributed by atoms with E-state index in [9.17, 15) is 0 Å². The summed E-state index contributed by atoms with van der Waals surface area (Å²) in [5, 5.41) is 1.23. The smallest absolute Gasteiger partial charge is 0.135 e. The molecule has 1 aromatic carbocycles. The number of nitrogen functional groups attached to an aromatic ring is 1. The molecule has 106 valence electrons. The van der Waals surface area contributed by atoms with Crippen LogP contribution in [-0.2, 0) is 11.8 Å². The van der Waals surface area contributed by atoms with Crippen LogP contribution in [0, 0.1) is 0 Å². The maximum atomic E-state index is 6.18. The molecule has 0 radical (unpaired) electrons. The summed E-state index contributed by atoms with van der Waals surface area (Å²) in [5.41, 5.74) is 7.65. The van der Waals surface area contributed by atoms with Gasteiger partial charge in [0.15, 0.2) is 0 Å². The van der Waals surface area contributed by atoms with Crippen molar-refractivity contribution in [1.29, 1.82) is 0 Å². The molecule has 0 saturated carbocycles. The highest BCUT2D eigenvalue weighted by atomic mass is 35.5. The number of nitrogens with zero attached hydrogens (tertiary/aromatic N) is 2. The summed E-state index contributed by atoms with van der Waals surface area (Å²) in [5.74, 6) is 1.14. The van der Waals surface area contributed by atoms with Crippen LogP contribution in [0.2, 0.25) is 10.0 Å². The lowest BCUT2D eigenvalue weighted by Gasteiger charge is -2.18. The Hall–Kier alpha value is -1.32. The summed E-state index contributed by atoms with van der Waals surface area (Å²) in [6.45, 7) is 6.27. The molecule has 0 aliphatic carbocycles. The molecule has 2 N–H and O–H groups in total. The fourth-order valence-corrected chi connectivity index (χ4v) is 2.29. The molecule has 2 rings (SSSR count). The van der Waals surface area contributed by atoms with Crippen molar-refractivity contribution in [2.75, 3.05) is 5.73 Å². The first-order chi connectivity index (χ1) is 9.25. The summed E-state index contributed by atoms with van der Waals surface area (Å²) in [7, 11) is 0. The molecule has 0 saturated heterocycles. The van der Waals surface area contributed by atoms with E-state index in [1.54, 1.807) is 12.1 Å². The van der Waals surface area contributed by atoms with Crippen molar-refractivity contribution < 1.29 is 0 Å². The monoisotopic (exact) mass is 309 g/mol. The van der Waals surface area contributed by atoms with Gasteiger partial charge in [0.1, 0.15) is 11.6 Å². The quantitative estimate of drug-likeness (QED) is 0.902. The lowest BCUT2D eigenvalue weighted by Crippen LogP contribution is -2.16.